The Bertz CT molecular complexity index is 1410. The van der Waals surface area contributed by atoms with E-state index in [2.05, 4.69) is 15.9 Å². The van der Waals surface area contributed by atoms with E-state index in [-0.39, 0.29) is 16.9 Å². The number of carbonyl (C=O) groups is 1. The maximum Gasteiger partial charge on any atom is 0.333 e. The van der Waals surface area contributed by atoms with Crippen LogP contribution in [0.4, 0.5) is 0 Å². The number of sulfonamides is 1. The lowest BCUT2D eigenvalue weighted by molar-refractivity contribution is -0.133. The first-order valence-corrected chi connectivity index (χ1v) is 13.3. The molecular weight excluding hydrogens is 561 g/mol. The van der Waals surface area contributed by atoms with Crippen molar-refractivity contribution in [3.05, 3.63) is 110 Å². The number of aliphatic carboxylic acids is 1. The second-order valence-electron chi connectivity index (χ2n) is 7.95. The molecule has 34 heavy (non-hydrogen) atoms. The molecule has 1 aliphatic heterocycles. The van der Waals surface area contributed by atoms with E-state index in [9.17, 15) is 18.3 Å². The van der Waals surface area contributed by atoms with Gasteiger partial charge in [-0.1, -0.05) is 81.6 Å². The Balaban J connectivity index is 2.01. The van der Waals surface area contributed by atoms with Crippen LogP contribution in [0.3, 0.4) is 0 Å². The van der Waals surface area contributed by atoms with E-state index < -0.39 is 28.1 Å². The highest BCUT2D eigenvalue weighted by atomic mass is 79.9. The molecule has 3 aromatic carbocycles. The fraction of sp³-hybridized carbons (Fsp3) is 0.160. The second-order valence-corrected chi connectivity index (χ2v) is 11.5. The lowest BCUT2D eigenvalue weighted by Gasteiger charge is -2.41. The van der Waals surface area contributed by atoms with Crippen molar-refractivity contribution in [3.8, 4) is 0 Å². The highest BCUT2D eigenvalue weighted by Gasteiger charge is 2.45. The molecule has 2 unspecified atom stereocenters. The van der Waals surface area contributed by atoms with Gasteiger partial charge in [0.05, 0.1) is 32.6 Å². The summed E-state index contributed by atoms with van der Waals surface area (Å²) in [5.74, 6) is -1.18. The number of halogens is 3. The molecule has 1 N–H and O–H groups in total. The van der Waals surface area contributed by atoms with Crippen molar-refractivity contribution in [1.82, 2.24) is 4.31 Å². The first-order chi connectivity index (χ1) is 16.1. The van der Waals surface area contributed by atoms with Crippen LogP contribution < -0.4 is 0 Å². The van der Waals surface area contributed by atoms with Crippen LogP contribution in [0.5, 0.6) is 0 Å². The fourth-order valence-electron chi connectivity index (χ4n) is 4.25. The molecule has 3 aromatic rings. The molecule has 0 radical (unpaired) electrons. The van der Waals surface area contributed by atoms with Crippen molar-refractivity contribution in [2.45, 2.75) is 30.3 Å². The minimum Gasteiger partial charge on any atom is -0.478 e. The summed E-state index contributed by atoms with van der Waals surface area (Å²) in [5, 5.41) is 10.7. The van der Waals surface area contributed by atoms with Gasteiger partial charge in [0, 0.05) is 4.47 Å². The maximum absolute atomic E-state index is 14.2. The molecule has 176 valence electrons. The first-order valence-electron chi connectivity index (χ1n) is 10.3. The molecule has 0 bridgehead atoms. The van der Waals surface area contributed by atoms with Crippen LogP contribution in [-0.4, -0.2) is 23.8 Å². The quantitative estimate of drug-likeness (QED) is 0.354. The molecule has 0 saturated carbocycles. The van der Waals surface area contributed by atoms with Gasteiger partial charge in [0.15, 0.2) is 0 Å². The fourth-order valence-corrected chi connectivity index (χ4v) is 6.98. The average Bonchev–Trinajstić information content (AvgIpc) is 2.80. The van der Waals surface area contributed by atoms with Crippen molar-refractivity contribution in [3.63, 3.8) is 0 Å². The average molecular weight is 581 g/mol. The molecule has 0 amide bonds. The predicted octanol–water partition coefficient (Wildman–Crippen LogP) is 6.95. The van der Waals surface area contributed by atoms with Gasteiger partial charge < -0.3 is 5.11 Å². The molecule has 0 fully saturated rings. The van der Waals surface area contributed by atoms with Gasteiger partial charge in [-0.05, 0) is 60.4 Å². The molecule has 0 aliphatic carbocycles. The Labute approximate surface area is 216 Å². The maximum atomic E-state index is 14.2. The largest absolute Gasteiger partial charge is 0.478 e. The van der Waals surface area contributed by atoms with Crippen molar-refractivity contribution in [2.75, 3.05) is 0 Å². The van der Waals surface area contributed by atoms with Gasteiger partial charge >= 0.3 is 5.97 Å². The third-order valence-corrected chi connectivity index (χ3v) is 9.07. The Morgan fingerprint density at radius 3 is 2.38 bits per heavy atom. The van der Waals surface area contributed by atoms with Crippen LogP contribution in [-0.2, 0) is 14.8 Å². The molecule has 0 spiro atoms. The zero-order valence-electron chi connectivity index (χ0n) is 18.0. The lowest BCUT2D eigenvalue weighted by atomic mass is 9.89. The van der Waals surface area contributed by atoms with Gasteiger partial charge in [0.1, 0.15) is 0 Å². The smallest absolute Gasteiger partial charge is 0.333 e. The van der Waals surface area contributed by atoms with E-state index in [1.165, 1.54) is 10.4 Å². The van der Waals surface area contributed by atoms with Gasteiger partial charge in [0.2, 0.25) is 10.0 Å². The standard InChI is InChI=1S/C25H20BrCl2NO4S/c1-15-5-2-3-8-23(15)34(32,33)29-22(16-9-11-20(27)21(28)14-16)12-10-19(25(30)31)24(29)17-6-4-7-18(26)13-17/h2-11,13-14,22,24H,12H2,1H3,(H,30,31). The molecule has 1 heterocycles. The summed E-state index contributed by atoms with van der Waals surface area (Å²) in [5.41, 5.74) is 1.71. The lowest BCUT2D eigenvalue weighted by Crippen LogP contribution is -2.42. The first kappa shape index (κ1) is 24.9. The Morgan fingerprint density at radius 2 is 1.74 bits per heavy atom. The summed E-state index contributed by atoms with van der Waals surface area (Å²) in [6.07, 6.45) is 1.75. The topological polar surface area (TPSA) is 74.7 Å². The van der Waals surface area contributed by atoms with Crippen molar-refractivity contribution >= 4 is 55.1 Å². The van der Waals surface area contributed by atoms with Gasteiger partial charge in [-0.3, -0.25) is 0 Å². The highest BCUT2D eigenvalue weighted by Crippen LogP contribution is 2.47. The molecule has 0 aromatic heterocycles. The van der Waals surface area contributed by atoms with Crippen LogP contribution in [0.15, 0.2) is 87.7 Å². The van der Waals surface area contributed by atoms with Crippen LogP contribution in [0, 0.1) is 6.92 Å². The van der Waals surface area contributed by atoms with Crippen molar-refractivity contribution < 1.29 is 18.3 Å². The van der Waals surface area contributed by atoms with E-state index in [1.54, 1.807) is 73.7 Å². The van der Waals surface area contributed by atoms with Crippen molar-refractivity contribution in [2.24, 2.45) is 0 Å². The molecule has 2 atom stereocenters. The minimum absolute atomic E-state index is 0.00781. The number of hydrogen-bond donors (Lipinski definition) is 1. The molecule has 9 heteroatoms. The summed E-state index contributed by atoms with van der Waals surface area (Å²) < 4.78 is 30.4. The Morgan fingerprint density at radius 1 is 1.00 bits per heavy atom. The van der Waals surface area contributed by atoms with E-state index in [4.69, 9.17) is 23.2 Å². The minimum atomic E-state index is -4.15. The zero-order chi connectivity index (χ0) is 24.6. The summed E-state index contributed by atoms with van der Waals surface area (Å²) in [6, 6.07) is 16.9. The number of benzene rings is 3. The van der Waals surface area contributed by atoms with E-state index >= 15 is 0 Å². The number of nitrogens with zero attached hydrogens (tertiary/aromatic N) is 1. The molecule has 1 aliphatic rings. The van der Waals surface area contributed by atoms with Gasteiger partial charge in [-0.15, -0.1) is 0 Å². The predicted molar refractivity (Wildman–Crippen MR) is 137 cm³/mol. The number of carboxylic acid groups (broad SMARTS) is 1. The summed E-state index contributed by atoms with van der Waals surface area (Å²) in [7, 11) is -4.15. The van der Waals surface area contributed by atoms with Crippen molar-refractivity contribution in [1.29, 1.82) is 0 Å². The van der Waals surface area contributed by atoms with E-state index in [0.717, 1.165) is 0 Å². The summed E-state index contributed by atoms with van der Waals surface area (Å²) in [6.45, 7) is 1.72. The highest BCUT2D eigenvalue weighted by molar-refractivity contribution is 9.10. The third kappa shape index (κ3) is 4.68. The molecular formula is C25H20BrCl2NO4S. The Hall–Kier alpha value is -2.16. The van der Waals surface area contributed by atoms with Crippen LogP contribution in [0.1, 0.15) is 35.2 Å². The summed E-state index contributed by atoms with van der Waals surface area (Å²) >= 11 is 15.8. The number of rotatable bonds is 5. The van der Waals surface area contributed by atoms with Gasteiger partial charge in [-0.25, -0.2) is 13.2 Å². The van der Waals surface area contributed by atoms with Crippen LogP contribution in [0.25, 0.3) is 0 Å². The SMILES string of the molecule is Cc1ccccc1S(=O)(=O)N1C(c2ccc(Cl)c(Cl)c2)CC=C(C(=O)O)C1c1cccc(Br)c1. The molecule has 0 saturated heterocycles. The van der Waals surface area contributed by atoms with E-state index in [0.29, 0.717) is 31.2 Å². The second kappa shape index (κ2) is 9.84. The zero-order valence-corrected chi connectivity index (χ0v) is 21.9. The van der Waals surface area contributed by atoms with Gasteiger partial charge in [0.25, 0.3) is 0 Å². The third-order valence-electron chi connectivity index (χ3n) is 5.81. The number of hydrogen-bond acceptors (Lipinski definition) is 3. The monoisotopic (exact) mass is 579 g/mol. The van der Waals surface area contributed by atoms with Gasteiger partial charge in [-0.2, -0.15) is 4.31 Å². The molecule has 4 rings (SSSR count). The Kier molecular flexibility index (Phi) is 7.22. The molecule has 5 nitrogen and oxygen atoms in total. The van der Waals surface area contributed by atoms with Crippen LogP contribution in [0.2, 0.25) is 10.0 Å². The van der Waals surface area contributed by atoms with E-state index in [1.807, 2.05) is 0 Å². The number of aryl methyl sites for hydroxylation is 1. The summed E-state index contributed by atoms with van der Waals surface area (Å²) in [4.78, 5) is 12.4. The van der Waals surface area contributed by atoms with Crippen LogP contribution >= 0.6 is 39.1 Å². The normalized spacial score (nSPS) is 19.0. The number of carboxylic acids is 1.